The van der Waals surface area contributed by atoms with Crippen molar-refractivity contribution in [1.29, 1.82) is 0 Å². The second-order valence-corrected chi connectivity index (χ2v) is 16.9. The van der Waals surface area contributed by atoms with Crippen LogP contribution in [-0.2, 0) is 23.7 Å². The van der Waals surface area contributed by atoms with Gasteiger partial charge in [-0.25, -0.2) is 0 Å². The maximum Gasteiger partial charge on any atom is 0.220 e. The van der Waals surface area contributed by atoms with Crippen LogP contribution in [0.3, 0.4) is 0 Å². The van der Waals surface area contributed by atoms with E-state index in [2.05, 4.69) is 55.6 Å². The van der Waals surface area contributed by atoms with Crippen LogP contribution in [0.15, 0.2) is 48.6 Å². The molecule has 2 aliphatic heterocycles. The molecule has 14 nitrogen and oxygen atoms in total. The third-order valence-corrected chi connectivity index (χ3v) is 11.4. The predicted molar refractivity (Wildman–Crippen MR) is 240 cm³/mol. The highest BCUT2D eigenvalue weighted by atomic mass is 16.7. The molecule has 2 aliphatic rings. The summed E-state index contributed by atoms with van der Waals surface area (Å²) in [5.74, 6) is -0.269. The highest BCUT2D eigenvalue weighted by molar-refractivity contribution is 5.76. The number of aliphatic hydroxyl groups is 8. The molecule has 0 saturated carbocycles. The van der Waals surface area contributed by atoms with Gasteiger partial charge in [0.1, 0.15) is 48.8 Å². The fraction of sp³-hybridized carbons (Fsp3) is 0.812. The summed E-state index contributed by atoms with van der Waals surface area (Å²) in [4.78, 5) is 13.1. The third-order valence-electron chi connectivity index (χ3n) is 11.4. The average Bonchev–Trinajstić information content (AvgIpc) is 3.27. The van der Waals surface area contributed by atoms with Gasteiger partial charge >= 0.3 is 0 Å². The molecule has 0 spiro atoms. The van der Waals surface area contributed by atoms with E-state index in [9.17, 15) is 45.6 Å². The molecule has 2 saturated heterocycles. The first kappa shape index (κ1) is 56.1. The second kappa shape index (κ2) is 35.2. The van der Waals surface area contributed by atoms with Crippen LogP contribution in [0.25, 0.3) is 0 Å². The molecule has 12 atom stereocenters. The van der Waals surface area contributed by atoms with Crippen LogP contribution in [0.1, 0.15) is 155 Å². The van der Waals surface area contributed by atoms with Gasteiger partial charge in [0.15, 0.2) is 12.6 Å². The van der Waals surface area contributed by atoms with Gasteiger partial charge in [0.2, 0.25) is 5.91 Å². The molecular formula is C48H85NO13. The second-order valence-electron chi connectivity index (χ2n) is 16.9. The number of nitrogens with one attached hydrogen (secondary N) is 1. The molecule has 0 aliphatic carbocycles. The summed E-state index contributed by atoms with van der Waals surface area (Å²) in [7, 11) is 0. The van der Waals surface area contributed by atoms with E-state index >= 15 is 0 Å². The standard InChI is InChI=1S/C48H85NO13/c1-3-5-7-9-11-13-15-16-17-18-19-20-21-22-23-25-27-29-31-37(52)36(49-40(53)32-30-28-26-24-14-12-10-8-6-4-2)35-59-47-45(58)43(56)46(39(34-51)61-47)62-48-44(57)42(55)41(54)38(33-50)60-48/h8,10,18-19,22-23,29,31,36-39,41-48,50-52,54-58H,3-7,9,11-17,20-21,24-28,30,32-35H2,1-2H3,(H,49,53)/b10-8-,19-18+,23-22+,31-29+. The van der Waals surface area contributed by atoms with Crippen LogP contribution in [0.2, 0.25) is 0 Å². The first-order valence-electron chi connectivity index (χ1n) is 23.9. The van der Waals surface area contributed by atoms with Crippen molar-refractivity contribution >= 4 is 5.91 Å². The van der Waals surface area contributed by atoms with Crippen molar-refractivity contribution in [2.24, 2.45) is 0 Å². The Balaban J connectivity index is 1.90. The minimum Gasteiger partial charge on any atom is -0.394 e. The Bertz CT molecular complexity index is 1230. The van der Waals surface area contributed by atoms with Crippen LogP contribution in [0, 0.1) is 0 Å². The van der Waals surface area contributed by atoms with E-state index in [4.69, 9.17) is 18.9 Å². The van der Waals surface area contributed by atoms with Crippen molar-refractivity contribution in [1.82, 2.24) is 5.32 Å². The van der Waals surface area contributed by atoms with Crippen molar-refractivity contribution in [3.05, 3.63) is 48.6 Å². The average molecular weight is 884 g/mol. The normalized spacial score (nSPS) is 28.2. The molecule has 0 aromatic heterocycles. The Hall–Kier alpha value is -2.05. The number of carbonyl (C=O) groups is 1. The smallest absolute Gasteiger partial charge is 0.220 e. The zero-order chi connectivity index (χ0) is 45.4. The lowest BCUT2D eigenvalue weighted by Gasteiger charge is -2.46. The predicted octanol–water partition coefficient (Wildman–Crippen LogP) is 5.32. The lowest BCUT2D eigenvalue weighted by Crippen LogP contribution is -2.65. The number of amides is 1. The van der Waals surface area contributed by atoms with Gasteiger partial charge in [0.05, 0.1) is 32.0 Å². The summed E-state index contributed by atoms with van der Waals surface area (Å²) in [5.41, 5.74) is 0. The first-order valence-corrected chi connectivity index (χ1v) is 23.9. The largest absolute Gasteiger partial charge is 0.394 e. The Morgan fingerprint density at radius 3 is 1.65 bits per heavy atom. The van der Waals surface area contributed by atoms with E-state index in [0.29, 0.717) is 12.8 Å². The number of aliphatic hydroxyl groups excluding tert-OH is 8. The molecule has 0 aromatic rings. The van der Waals surface area contributed by atoms with E-state index in [1.54, 1.807) is 6.08 Å². The van der Waals surface area contributed by atoms with Gasteiger partial charge in [0.25, 0.3) is 0 Å². The molecule has 2 fully saturated rings. The number of hydrogen-bond acceptors (Lipinski definition) is 13. The molecule has 2 heterocycles. The SMILES string of the molecule is CCC/C=C\CCCCCCCC(=O)NC(COC1OC(CO)C(OC2OC(CO)C(O)C(O)C2O)C(O)C1O)C(O)/C=C/CC/C=C/CC/C=C/CCCCCCCCCC. The minimum absolute atomic E-state index is 0.257. The maximum absolute atomic E-state index is 13.1. The monoisotopic (exact) mass is 884 g/mol. The molecule has 12 unspecified atom stereocenters. The van der Waals surface area contributed by atoms with Crippen LogP contribution in [0.5, 0.6) is 0 Å². The van der Waals surface area contributed by atoms with E-state index in [0.717, 1.165) is 70.6 Å². The van der Waals surface area contributed by atoms with Gasteiger partial charge < -0.3 is 65.1 Å². The summed E-state index contributed by atoms with van der Waals surface area (Å²) in [6.45, 7) is 2.65. The molecule has 14 heteroatoms. The minimum atomic E-state index is -1.79. The molecule has 0 bridgehead atoms. The summed E-state index contributed by atoms with van der Waals surface area (Å²) < 4.78 is 22.6. The first-order chi connectivity index (χ1) is 30.1. The summed E-state index contributed by atoms with van der Waals surface area (Å²) >= 11 is 0. The van der Waals surface area contributed by atoms with Crippen LogP contribution in [-0.4, -0.2) is 140 Å². The zero-order valence-corrected chi connectivity index (χ0v) is 37.8. The molecular weight excluding hydrogens is 799 g/mol. The number of ether oxygens (including phenoxy) is 4. The van der Waals surface area contributed by atoms with Crippen LogP contribution < -0.4 is 5.32 Å². The van der Waals surface area contributed by atoms with E-state index in [1.165, 1.54) is 51.4 Å². The van der Waals surface area contributed by atoms with Gasteiger partial charge in [0, 0.05) is 6.42 Å². The number of allylic oxidation sites excluding steroid dienone is 7. The molecule has 1 amide bonds. The summed E-state index contributed by atoms with van der Waals surface area (Å²) in [6.07, 6.45) is 23.1. The van der Waals surface area contributed by atoms with Crippen molar-refractivity contribution in [2.45, 2.75) is 229 Å². The quantitative estimate of drug-likeness (QED) is 0.0291. The molecule has 0 aromatic carbocycles. The van der Waals surface area contributed by atoms with Gasteiger partial charge in [-0.05, 0) is 64.2 Å². The van der Waals surface area contributed by atoms with Crippen molar-refractivity contribution in [2.75, 3.05) is 19.8 Å². The number of unbranched alkanes of at least 4 members (excludes halogenated alkanes) is 16. The van der Waals surface area contributed by atoms with Gasteiger partial charge in [-0.15, -0.1) is 0 Å². The highest BCUT2D eigenvalue weighted by Gasteiger charge is 2.50. The van der Waals surface area contributed by atoms with Crippen molar-refractivity contribution in [3.8, 4) is 0 Å². The fourth-order valence-electron chi connectivity index (χ4n) is 7.50. The topological polar surface area (TPSA) is 228 Å². The fourth-order valence-corrected chi connectivity index (χ4v) is 7.50. The summed E-state index contributed by atoms with van der Waals surface area (Å²) in [6, 6.07) is -0.939. The Morgan fingerprint density at radius 1 is 0.565 bits per heavy atom. The highest BCUT2D eigenvalue weighted by Crippen LogP contribution is 2.30. The summed E-state index contributed by atoms with van der Waals surface area (Å²) in [5, 5.41) is 86.4. The number of hydrogen-bond donors (Lipinski definition) is 9. The van der Waals surface area contributed by atoms with Crippen LogP contribution >= 0.6 is 0 Å². The molecule has 62 heavy (non-hydrogen) atoms. The van der Waals surface area contributed by atoms with E-state index in [1.807, 2.05) is 6.08 Å². The number of carbonyl (C=O) groups excluding carboxylic acids is 1. The van der Waals surface area contributed by atoms with Gasteiger partial charge in [-0.2, -0.15) is 0 Å². The molecule has 9 N–H and O–H groups in total. The molecule has 0 radical (unpaired) electrons. The van der Waals surface area contributed by atoms with Gasteiger partial charge in [-0.3, -0.25) is 4.79 Å². The zero-order valence-electron chi connectivity index (χ0n) is 37.8. The Labute approximate surface area is 372 Å². The Kier molecular flexibility index (Phi) is 31.9. The third kappa shape index (κ3) is 22.7. The van der Waals surface area contributed by atoms with Gasteiger partial charge in [-0.1, -0.05) is 133 Å². The number of rotatable bonds is 35. The molecule has 2 rings (SSSR count). The lowest BCUT2D eigenvalue weighted by molar-refractivity contribution is -0.359. The molecule has 360 valence electrons. The van der Waals surface area contributed by atoms with E-state index in [-0.39, 0.29) is 18.9 Å². The van der Waals surface area contributed by atoms with Crippen molar-refractivity contribution < 1.29 is 64.6 Å². The van der Waals surface area contributed by atoms with Crippen molar-refractivity contribution in [3.63, 3.8) is 0 Å². The lowest BCUT2D eigenvalue weighted by atomic mass is 9.97. The van der Waals surface area contributed by atoms with Crippen LogP contribution in [0.4, 0.5) is 0 Å². The maximum atomic E-state index is 13.1. The van der Waals surface area contributed by atoms with E-state index < -0.39 is 86.8 Å². The Morgan fingerprint density at radius 2 is 1.06 bits per heavy atom.